The second-order valence-electron chi connectivity index (χ2n) is 10.8. The van der Waals surface area contributed by atoms with Crippen molar-refractivity contribution in [2.45, 2.75) is 52.4 Å². The third-order valence-electron chi connectivity index (χ3n) is 5.66. The molecule has 2 aromatic carbocycles. The number of anilines is 2. The van der Waals surface area contributed by atoms with E-state index in [1.54, 1.807) is 30.4 Å². The third-order valence-corrected chi connectivity index (χ3v) is 5.66. The van der Waals surface area contributed by atoms with E-state index >= 15 is 0 Å². The zero-order valence-corrected chi connectivity index (χ0v) is 21.9. The highest BCUT2D eigenvalue weighted by molar-refractivity contribution is 6.03. The maximum Gasteiger partial charge on any atom is 0.249 e. The van der Waals surface area contributed by atoms with Crippen LogP contribution >= 0.6 is 0 Å². The minimum atomic E-state index is -0.301. The van der Waals surface area contributed by atoms with E-state index in [0.29, 0.717) is 11.6 Å². The van der Waals surface area contributed by atoms with Crippen molar-refractivity contribution in [2.24, 2.45) is 0 Å². The molecule has 1 heterocycles. The number of hydrogen-bond acceptors (Lipinski definition) is 3. The number of pyridine rings is 1. The fraction of sp³-hybridized carbons (Fsp3) is 0.258. The Morgan fingerprint density at radius 3 is 1.31 bits per heavy atom. The highest BCUT2D eigenvalue weighted by Gasteiger charge is 2.13. The van der Waals surface area contributed by atoms with Crippen LogP contribution in [0, 0.1) is 0 Å². The number of carbonyl (C=O) groups excluding carboxylic acids is 2. The van der Waals surface area contributed by atoms with Gasteiger partial charge in [0.05, 0.1) is 0 Å². The van der Waals surface area contributed by atoms with Crippen LogP contribution in [0.5, 0.6) is 0 Å². The largest absolute Gasteiger partial charge is 0.307 e. The SMILES string of the molecule is CC(C)(C)c1ccc(C=CC(=O)Nc2cccc(NC(=O)C=Cc3ccc(C(C)(C)C)cc3)n2)cc1. The molecule has 3 rings (SSSR count). The second-order valence-corrected chi connectivity index (χ2v) is 10.8. The van der Waals surface area contributed by atoms with Gasteiger partial charge in [-0.15, -0.1) is 0 Å². The van der Waals surface area contributed by atoms with E-state index in [4.69, 9.17) is 0 Å². The van der Waals surface area contributed by atoms with Gasteiger partial charge in [-0.3, -0.25) is 9.59 Å². The van der Waals surface area contributed by atoms with Gasteiger partial charge in [0, 0.05) is 12.2 Å². The summed E-state index contributed by atoms with van der Waals surface area (Å²) >= 11 is 0. The number of rotatable bonds is 6. The van der Waals surface area contributed by atoms with Gasteiger partial charge in [0.25, 0.3) is 0 Å². The Balaban J connectivity index is 1.56. The van der Waals surface area contributed by atoms with Crippen molar-refractivity contribution in [3.05, 3.63) is 101 Å². The van der Waals surface area contributed by atoms with Gasteiger partial charge in [0.2, 0.25) is 11.8 Å². The molecule has 0 spiro atoms. The Morgan fingerprint density at radius 1 is 0.611 bits per heavy atom. The first-order chi connectivity index (χ1) is 16.9. The summed E-state index contributed by atoms with van der Waals surface area (Å²) in [7, 11) is 0. The molecule has 0 fully saturated rings. The third kappa shape index (κ3) is 8.05. The first kappa shape index (κ1) is 26.6. The predicted molar refractivity (Wildman–Crippen MR) is 150 cm³/mol. The van der Waals surface area contributed by atoms with E-state index in [0.717, 1.165) is 11.1 Å². The normalized spacial score (nSPS) is 12.2. The van der Waals surface area contributed by atoms with Gasteiger partial charge >= 0.3 is 0 Å². The average molecular weight is 482 g/mol. The van der Waals surface area contributed by atoms with Gasteiger partial charge in [0.1, 0.15) is 11.6 Å². The maximum absolute atomic E-state index is 12.4. The molecule has 0 saturated carbocycles. The maximum atomic E-state index is 12.4. The van der Waals surface area contributed by atoms with Crippen LogP contribution in [0.15, 0.2) is 78.9 Å². The van der Waals surface area contributed by atoms with Gasteiger partial charge in [-0.2, -0.15) is 0 Å². The van der Waals surface area contributed by atoms with Gasteiger partial charge in [-0.1, -0.05) is 96.1 Å². The lowest BCUT2D eigenvalue weighted by Crippen LogP contribution is -2.12. The summed E-state index contributed by atoms with van der Waals surface area (Å²) in [6.07, 6.45) is 6.44. The fourth-order valence-electron chi connectivity index (χ4n) is 3.44. The summed E-state index contributed by atoms with van der Waals surface area (Å²) in [4.78, 5) is 29.0. The molecule has 0 aliphatic heterocycles. The zero-order chi connectivity index (χ0) is 26.3. The molecule has 36 heavy (non-hydrogen) atoms. The Kier molecular flexibility index (Phi) is 8.25. The topological polar surface area (TPSA) is 71.1 Å². The van der Waals surface area contributed by atoms with E-state index in [9.17, 15) is 9.59 Å². The Hall–Kier alpha value is -3.99. The monoisotopic (exact) mass is 481 g/mol. The summed E-state index contributed by atoms with van der Waals surface area (Å²) in [6, 6.07) is 21.3. The van der Waals surface area contributed by atoms with Crippen molar-refractivity contribution >= 4 is 35.6 Å². The molecule has 186 valence electrons. The standard InChI is InChI=1S/C31H35N3O2/c1-30(2,3)24-16-10-22(11-17-24)14-20-28(35)33-26-8-7-9-27(32-26)34-29(36)21-15-23-12-18-25(19-13-23)31(4,5)6/h7-21H,1-6H3,(H2,32,33,34,35,36). The fourth-order valence-corrected chi connectivity index (χ4v) is 3.44. The van der Waals surface area contributed by atoms with Crippen molar-refractivity contribution in [3.8, 4) is 0 Å². The van der Waals surface area contributed by atoms with Gasteiger partial charge in [-0.25, -0.2) is 4.98 Å². The molecule has 0 atom stereocenters. The van der Waals surface area contributed by atoms with Crippen LogP contribution in [0.2, 0.25) is 0 Å². The molecule has 0 unspecified atom stereocenters. The molecule has 0 aliphatic rings. The zero-order valence-electron chi connectivity index (χ0n) is 21.9. The minimum absolute atomic E-state index is 0.0826. The molecule has 0 bridgehead atoms. The molecular formula is C31H35N3O2. The van der Waals surface area contributed by atoms with Crippen molar-refractivity contribution in [1.29, 1.82) is 0 Å². The molecule has 5 nitrogen and oxygen atoms in total. The number of nitrogens with zero attached hydrogens (tertiary/aromatic N) is 1. The molecule has 2 N–H and O–H groups in total. The number of carbonyl (C=O) groups is 2. The van der Waals surface area contributed by atoms with E-state index in [1.807, 2.05) is 24.3 Å². The summed E-state index contributed by atoms with van der Waals surface area (Å²) in [5.74, 6) is 0.105. The Bertz CT molecular complexity index is 1160. The first-order valence-electron chi connectivity index (χ1n) is 12.1. The number of hydrogen-bond donors (Lipinski definition) is 2. The van der Waals surface area contributed by atoms with E-state index in [1.165, 1.54) is 23.3 Å². The van der Waals surface area contributed by atoms with Gasteiger partial charge in [0.15, 0.2) is 0 Å². The molecule has 0 radical (unpaired) electrons. The minimum Gasteiger partial charge on any atom is -0.307 e. The number of amides is 2. The molecule has 0 saturated heterocycles. The van der Waals surface area contributed by atoms with Crippen LogP contribution in [0.1, 0.15) is 63.8 Å². The van der Waals surface area contributed by atoms with E-state index < -0.39 is 0 Å². The quantitative estimate of drug-likeness (QED) is 0.373. The van der Waals surface area contributed by atoms with Crippen molar-refractivity contribution in [2.75, 3.05) is 10.6 Å². The van der Waals surface area contributed by atoms with Crippen molar-refractivity contribution < 1.29 is 9.59 Å². The van der Waals surface area contributed by atoms with E-state index in [-0.39, 0.29) is 22.6 Å². The number of aromatic nitrogens is 1. The van der Waals surface area contributed by atoms with Crippen LogP contribution in [-0.4, -0.2) is 16.8 Å². The molecule has 5 heteroatoms. The smallest absolute Gasteiger partial charge is 0.249 e. The predicted octanol–water partition coefficient (Wildman–Crippen LogP) is 6.98. The lowest BCUT2D eigenvalue weighted by Gasteiger charge is -2.18. The molecule has 3 aromatic rings. The lowest BCUT2D eigenvalue weighted by atomic mass is 9.87. The number of nitrogens with one attached hydrogen (secondary N) is 2. The van der Waals surface area contributed by atoms with Crippen molar-refractivity contribution in [1.82, 2.24) is 4.98 Å². The van der Waals surface area contributed by atoms with Crippen LogP contribution < -0.4 is 10.6 Å². The molecule has 2 amide bonds. The average Bonchev–Trinajstić information content (AvgIpc) is 2.81. The van der Waals surface area contributed by atoms with Gasteiger partial charge in [-0.05, 0) is 57.4 Å². The second kappa shape index (κ2) is 11.2. The Morgan fingerprint density at radius 2 is 0.972 bits per heavy atom. The summed E-state index contributed by atoms with van der Waals surface area (Å²) in [6.45, 7) is 13.0. The van der Waals surface area contributed by atoms with Crippen LogP contribution in [-0.2, 0) is 20.4 Å². The lowest BCUT2D eigenvalue weighted by molar-refractivity contribution is -0.112. The highest BCUT2D eigenvalue weighted by Crippen LogP contribution is 2.23. The first-order valence-corrected chi connectivity index (χ1v) is 12.1. The van der Waals surface area contributed by atoms with E-state index in [2.05, 4.69) is 81.4 Å². The van der Waals surface area contributed by atoms with Gasteiger partial charge < -0.3 is 10.6 Å². The van der Waals surface area contributed by atoms with Crippen LogP contribution in [0.4, 0.5) is 11.6 Å². The molecule has 0 aliphatic carbocycles. The summed E-state index contributed by atoms with van der Waals surface area (Å²) in [5, 5.41) is 5.46. The molecular weight excluding hydrogens is 446 g/mol. The molecule has 1 aromatic heterocycles. The summed E-state index contributed by atoms with van der Waals surface area (Å²) in [5.41, 5.74) is 4.51. The Labute approximate surface area is 214 Å². The van der Waals surface area contributed by atoms with Crippen molar-refractivity contribution in [3.63, 3.8) is 0 Å². The van der Waals surface area contributed by atoms with Crippen LogP contribution in [0.25, 0.3) is 12.2 Å². The number of benzene rings is 2. The highest BCUT2D eigenvalue weighted by atomic mass is 16.2. The van der Waals surface area contributed by atoms with Crippen LogP contribution in [0.3, 0.4) is 0 Å². The summed E-state index contributed by atoms with van der Waals surface area (Å²) < 4.78 is 0.